The molecule has 0 aromatic carbocycles. The second-order valence-corrected chi connectivity index (χ2v) is 9.74. The lowest BCUT2D eigenvalue weighted by atomic mass is 9.97. The minimum atomic E-state index is -3.54. The molecule has 1 fully saturated rings. The lowest BCUT2D eigenvalue weighted by Crippen LogP contribution is -2.42. The van der Waals surface area contributed by atoms with Gasteiger partial charge in [-0.25, -0.2) is 13.4 Å². The molecule has 27 heavy (non-hydrogen) atoms. The van der Waals surface area contributed by atoms with Crippen LogP contribution in [0, 0.1) is 5.92 Å². The standard InChI is InChI=1S/C18H24N4O3S2/c1-13(2)18-21-15(12-26-18)10-20-17(23)14-5-8-22(9-6-14)27(24,25)16-4-3-7-19-11-16/h3-4,7,11-14H,5-6,8-10H2,1-2H3,(H,20,23). The van der Waals surface area contributed by atoms with Crippen molar-refractivity contribution in [2.24, 2.45) is 5.92 Å². The van der Waals surface area contributed by atoms with Gasteiger partial charge >= 0.3 is 0 Å². The molecule has 146 valence electrons. The first-order valence-electron chi connectivity index (χ1n) is 9.00. The molecule has 1 aliphatic heterocycles. The number of rotatable bonds is 6. The summed E-state index contributed by atoms with van der Waals surface area (Å²) in [5.41, 5.74) is 0.869. The quantitative estimate of drug-likeness (QED) is 0.792. The first-order valence-corrected chi connectivity index (χ1v) is 11.3. The summed E-state index contributed by atoms with van der Waals surface area (Å²) in [4.78, 5) is 21.0. The summed E-state index contributed by atoms with van der Waals surface area (Å²) in [6, 6.07) is 3.15. The number of aromatic nitrogens is 2. The van der Waals surface area contributed by atoms with Gasteiger partial charge in [-0.05, 0) is 25.0 Å². The number of piperidine rings is 1. The predicted octanol–water partition coefficient (Wildman–Crippen LogP) is 2.38. The van der Waals surface area contributed by atoms with Crippen LogP contribution in [0.4, 0.5) is 0 Å². The second kappa shape index (κ2) is 8.45. The van der Waals surface area contributed by atoms with Crippen LogP contribution in [0.5, 0.6) is 0 Å². The molecule has 7 nitrogen and oxygen atoms in total. The normalized spacial score (nSPS) is 16.6. The minimum absolute atomic E-state index is 0.0347. The van der Waals surface area contributed by atoms with Gasteiger partial charge in [-0.1, -0.05) is 13.8 Å². The van der Waals surface area contributed by atoms with Crippen LogP contribution in [0.15, 0.2) is 34.8 Å². The van der Waals surface area contributed by atoms with E-state index in [1.54, 1.807) is 29.7 Å². The van der Waals surface area contributed by atoms with E-state index in [-0.39, 0.29) is 16.7 Å². The fourth-order valence-electron chi connectivity index (χ4n) is 3.00. The number of thiazole rings is 1. The average molecular weight is 409 g/mol. The Hall–Kier alpha value is -1.84. The van der Waals surface area contributed by atoms with Gasteiger partial charge in [0, 0.05) is 42.7 Å². The van der Waals surface area contributed by atoms with Gasteiger partial charge in [0.1, 0.15) is 4.90 Å². The molecule has 3 heterocycles. The van der Waals surface area contributed by atoms with E-state index in [1.165, 1.54) is 10.5 Å². The van der Waals surface area contributed by atoms with Crippen LogP contribution in [0.25, 0.3) is 0 Å². The van der Waals surface area contributed by atoms with Crippen LogP contribution in [0.3, 0.4) is 0 Å². The van der Waals surface area contributed by atoms with Gasteiger partial charge in [-0.15, -0.1) is 11.3 Å². The molecule has 0 atom stereocenters. The van der Waals surface area contributed by atoms with Gasteiger partial charge in [0.05, 0.1) is 17.2 Å². The highest BCUT2D eigenvalue weighted by Crippen LogP contribution is 2.24. The number of amides is 1. The molecule has 1 amide bonds. The smallest absolute Gasteiger partial charge is 0.244 e. The zero-order valence-corrected chi connectivity index (χ0v) is 17.1. The maximum absolute atomic E-state index is 12.6. The third-order valence-electron chi connectivity index (χ3n) is 4.60. The summed E-state index contributed by atoms with van der Waals surface area (Å²) in [6.07, 6.45) is 3.93. The molecule has 0 unspecified atom stereocenters. The van der Waals surface area contributed by atoms with Crippen molar-refractivity contribution < 1.29 is 13.2 Å². The fraction of sp³-hybridized carbons (Fsp3) is 0.500. The summed E-state index contributed by atoms with van der Waals surface area (Å²) < 4.78 is 26.7. The highest BCUT2D eigenvalue weighted by atomic mass is 32.2. The largest absolute Gasteiger partial charge is 0.350 e. The molecule has 1 saturated heterocycles. The number of hydrogen-bond donors (Lipinski definition) is 1. The molecule has 9 heteroatoms. The number of sulfonamides is 1. The molecule has 1 N–H and O–H groups in total. The summed E-state index contributed by atoms with van der Waals surface area (Å²) in [5, 5.41) is 5.97. The number of carbonyl (C=O) groups excluding carboxylic acids is 1. The van der Waals surface area contributed by atoms with E-state index in [2.05, 4.69) is 29.1 Å². The molecule has 0 radical (unpaired) electrons. The van der Waals surface area contributed by atoms with Crippen LogP contribution < -0.4 is 5.32 Å². The SMILES string of the molecule is CC(C)c1nc(CNC(=O)C2CCN(S(=O)(=O)c3cccnc3)CC2)cs1. The maximum atomic E-state index is 12.6. The lowest BCUT2D eigenvalue weighted by molar-refractivity contribution is -0.126. The first kappa shape index (κ1) is 19.9. The van der Waals surface area contributed by atoms with Crippen molar-refractivity contribution in [3.63, 3.8) is 0 Å². The van der Waals surface area contributed by atoms with Gasteiger partial charge in [0.2, 0.25) is 15.9 Å². The molecule has 3 rings (SSSR count). The molecule has 0 bridgehead atoms. The monoisotopic (exact) mass is 408 g/mol. The number of carbonyl (C=O) groups is 1. The molecule has 2 aromatic rings. The van der Waals surface area contributed by atoms with Crippen molar-refractivity contribution in [3.8, 4) is 0 Å². The maximum Gasteiger partial charge on any atom is 0.244 e. The number of pyridine rings is 1. The van der Waals surface area contributed by atoms with E-state index < -0.39 is 10.0 Å². The molecule has 1 aliphatic rings. The fourth-order valence-corrected chi connectivity index (χ4v) is 5.27. The van der Waals surface area contributed by atoms with Crippen molar-refractivity contribution in [3.05, 3.63) is 40.6 Å². The van der Waals surface area contributed by atoms with E-state index in [9.17, 15) is 13.2 Å². The Labute approximate surface area is 163 Å². The second-order valence-electron chi connectivity index (χ2n) is 6.92. The molecule has 0 aliphatic carbocycles. The summed E-state index contributed by atoms with van der Waals surface area (Å²) in [6.45, 7) is 5.27. The van der Waals surface area contributed by atoms with Gasteiger partial charge < -0.3 is 5.32 Å². The van der Waals surface area contributed by atoms with Gasteiger partial charge in [0.25, 0.3) is 0 Å². The van der Waals surface area contributed by atoms with Crippen LogP contribution >= 0.6 is 11.3 Å². The van der Waals surface area contributed by atoms with E-state index in [0.29, 0.717) is 38.4 Å². The Morgan fingerprint density at radius 1 is 1.37 bits per heavy atom. The van der Waals surface area contributed by atoms with Crippen LogP contribution in [0.2, 0.25) is 0 Å². The van der Waals surface area contributed by atoms with E-state index >= 15 is 0 Å². The molecule has 2 aromatic heterocycles. The predicted molar refractivity (Wildman–Crippen MR) is 104 cm³/mol. The first-order chi connectivity index (χ1) is 12.9. The van der Waals surface area contributed by atoms with E-state index in [0.717, 1.165) is 10.7 Å². The van der Waals surface area contributed by atoms with Crippen LogP contribution in [0.1, 0.15) is 43.3 Å². The number of nitrogens with one attached hydrogen (secondary N) is 1. The topological polar surface area (TPSA) is 92.3 Å². The Morgan fingerprint density at radius 2 is 2.11 bits per heavy atom. The van der Waals surface area contributed by atoms with Crippen molar-refractivity contribution >= 4 is 27.3 Å². The van der Waals surface area contributed by atoms with Crippen molar-refractivity contribution in [2.45, 2.75) is 44.0 Å². The number of nitrogens with zero attached hydrogens (tertiary/aromatic N) is 3. The number of hydrogen-bond acceptors (Lipinski definition) is 6. The Kier molecular flexibility index (Phi) is 6.23. The summed E-state index contributed by atoms with van der Waals surface area (Å²) >= 11 is 1.60. The molecule has 0 saturated carbocycles. The van der Waals surface area contributed by atoms with Gasteiger partial charge in [-0.3, -0.25) is 9.78 Å². The van der Waals surface area contributed by atoms with Crippen molar-refractivity contribution in [1.29, 1.82) is 0 Å². The highest BCUT2D eigenvalue weighted by molar-refractivity contribution is 7.89. The van der Waals surface area contributed by atoms with Crippen molar-refractivity contribution in [2.75, 3.05) is 13.1 Å². The Morgan fingerprint density at radius 3 is 2.70 bits per heavy atom. The average Bonchev–Trinajstić information content (AvgIpc) is 3.16. The summed E-state index contributed by atoms with van der Waals surface area (Å²) in [7, 11) is -3.54. The zero-order valence-electron chi connectivity index (χ0n) is 15.5. The highest BCUT2D eigenvalue weighted by Gasteiger charge is 2.32. The van der Waals surface area contributed by atoms with Gasteiger partial charge in [0.15, 0.2) is 0 Å². The van der Waals surface area contributed by atoms with Crippen LogP contribution in [-0.4, -0.2) is 41.7 Å². The molecular weight excluding hydrogens is 384 g/mol. The third kappa shape index (κ3) is 4.72. The Bertz CT molecular complexity index is 873. The van der Waals surface area contributed by atoms with E-state index in [4.69, 9.17) is 0 Å². The lowest BCUT2D eigenvalue weighted by Gasteiger charge is -2.30. The third-order valence-corrected chi connectivity index (χ3v) is 7.68. The zero-order chi connectivity index (χ0) is 19.4. The molecule has 0 spiro atoms. The minimum Gasteiger partial charge on any atom is -0.350 e. The van der Waals surface area contributed by atoms with Crippen LogP contribution in [-0.2, 0) is 21.4 Å². The van der Waals surface area contributed by atoms with Crippen molar-refractivity contribution in [1.82, 2.24) is 19.6 Å². The van der Waals surface area contributed by atoms with E-state index in [1.807, 2.05) is 5.38 Å². The Balaban J connectivity index is 1.52. The summed E-state index contributed by atoms with van der Waals surface area (Å²) in [5.74, 6) is 0.173. The molecular formula is C18H24N4O3S2. The van der Waals surface area contributed by atoms with Gasteiger partial charge in [-0.2, -0.15) is 4.31 Å².